The van der Waals surface area contributed by atoms with Gasteiger partial charge < -0.3 is 10.1 Å². The predicted octanol–water partition coefficient (Wildman–Crippen LogP) is 2.16. The second-order valence-electron chi connectivity index (χ2n) is 6.13. The molecule has 126 valence electrons. The second kappa shape index (κ2) is 7.12. The van der Waals surface area contributed by atoms with Gasteiger partial charge in [-0.2, -0.15) is 0 Å². The van der Waals surface area contributed by atoms with Crippen molar-refractivity contribution >= 4 is 11.9 Å². The molecule has 1 amide bonds. The number of carbonyl (C=O) groups excluding carboxylic acids is 2. The molecule has 0 aliphatic rings. The maximum atomic E-state index is 11.6. The highest BCUT2D eigenvalue weighted by molar-refractivity contribution is 5.94. The predicted molar refractivity (Wildman–Crippen MR) is 86.1 cm³/mol. The minimum Gasteiger partial charge on any atom is -0.444 e. The molecule has 0 unspecified atom stereocenters. The fraction of sp³-hybridized carbons (Fsp3) is 0.375. The standard InChI is InChI=1S/C16H19N5O3/c1-10(22)11-5-7-12(8-6-11)14-20-18-13(19-21-14)9-17-15(23)24-16(2,3)4/h5-8H,9H2,1-4H3,(H,17,23). The smallest absolute Gasteiger partial charge is 0.408 e. The monoisotopic (exact) mass is 329 g/mol. The molecule has 0 saturated heterocycles. The van der Waals surface area contributed by atoms with Crippen molar-refractivity contribution in [3.8, 4) is 11.4 Å². The number of hydrogen-bond donors (Lipinski definition) is 1. The number of nitrogens with one attached hydrogen (secondary N) is 1. The van der Waals surface area contributed by atoms with Crippen LogP contribution in [0.2, 0.25) is 0 Å². The van der Waals surface area contributed by atoms with Gasteiger partial charge >= 0.3 is 6.09 Å². The Balaban J connectivity index is 1.98. The maximum absolute atomic E-state index is 11.6. The minimum atomic E-state index is -0.572. The van der Waals surface area contributed by atoms with Crippen LogP contribution in [0.3, 0.4) is 0 Å². The topological polar surface area (TPSA) is 107 Å². The first-order valence-corrected chi connectivity index (χ1v) is 7.39. The lowest BCUT2D eigenvalue weighted by molar-refractivity contribution is 0.0521. The Morgan fingerprint density at radius 3 is 2.12 bits per heavy atom. The Hall–Kier alpha value is -2.90. The van der Waals surface area contributed by atoms with Gasteiger partial charge in [-0.05, 0) is 27.7 Å². The van der Waals surface area contributed by atoms with Gasteiger partial charge in [0.15, 0.2) is 11.6 Å². The molecule has 0 atom stereocenters. The van der Waals surface area contributed by atoms with Crippen molar-refractivity contribution in [2.45, 2.75) is 39.8 Å². The Morgan fingerprint density at radius 2 is 1.62 bits per heavy atom. The number of hydrogen-bond acceptors (Lipinski definition) is 7. The number of carbonyl (C=O) groups is 2. The first-order chi connectivity index (χ1) is 11.2. The van der Waals surface area contributed by atoms with E-state index in [0.29, 0.717) is 17.0 Å². The first kappa shape index (κ1) is 17.5. The third-order valence-corrected chi connectivity index (χ3v) is 2.86. The number of benzene rings is 1. The molecule has 8 nitrogen and oxygen atoms in total. The van der Waals surface area contributed by atoms with E-state index < -0.39 is 11.7 Å². The Labute approximate surface area is 139 Å². The fourth-order valence-electron chi connectivity index (χ4n) is 1.76. The van der Waals surface area contributed by atoms with Crippen LogP contribution in [0, 0.1) is 0 Å². The number of amides is 1. The molecule has 0 radical (unpaired) electrons. The molecular formula is C16H19N5O3. The van der Waals surface area contributed by atoms with E-state index in [4.69, 9.17) is 4.74 Å². The molecule has 0 saturated carbocycles. The van der Waals surface area contributed by atoms with E-state index in [1.165, 1.54) is 6.92 Å². The van der Waals surface area contributed by atoms with Crippen molar-refractivity contribution in [2.75, 3.05) is 0 Å². The number of ether oxygens (including phenoxy) is 1. The van der Waals surface area contributed by atoms with Crippen LogP contribution in [-0.4, -0.2) is 37.9 Å². The number of rotatable bonds is 4. The van der Waals surface area contributed by atoms with Crippen LogP contribution in [0.15, 0.2) is 24.3 Å². The normalized spacial score (nSPS) is 11.0. The molecule has 2 rings (SSSR count). The Bertz CT molecular complexity index is 721. The van der Waals surface area contributed by atoms with Crippen molar-refractivity contribution in [1.29, 1.82) is 0 Å². The summed E-state index contributed by atoms with van der Waals surface area (Å²) in [4.78, 5) is 22.8. The largest absolute Gasteiger partial charge is 0.444 e. The maximum Gasteiger partial charge on any atom is 0.408 e. The molecule has 0 fully saturated rings. The average molecular weight is 329 g/mol. The summed E-state index contributed by atoms with van der Waals surface area (Å²) in [5, 5.41) is 18.3. The highest BCUT2D eigenvalue weighted by Crippen LogP contribution is 2.14. The van der Waals surface area contributed by atoms with Gasteiger partial charge in [0, 0.05) is 11.1 Å². The van der Waals surface area contributed by atoms with Gasteiger partial charge in [0.2, 0.25) is 5.82 Å². The van der Waals surface area contributed by atoms with Gasteiger partial charge in [0.25, 0.3) is 0 Å². The van der Waals surface area contributed by atoms with E-state index in [2.05, 4.69) is 25.7 Å². The zero-order chi connectivity index (χ0) is 17.7. The summed E-state index contributed by atoms with van der Waals surface area (Å²) in [5.74, 6) is 0.596. The van der Waals surface area contributed by atoms with Crippen LogP contribution < -0.4 is 5.32 Å². The number of ketones is 1. The van der Waals surface area contributed by atoms with Crippen LogP contribution in [-0.2, 0) is 11.3 Å². The van der Waals surface area contributed by atoms with Crippen molar-refractivity contribution in [3.63, 3.8) is 0 Å². The van der Waals surface area contributed by atoms with Crippen molar-refractivity contribution in [1.82, 2.24) is 25.7 Å². The van der Waals surface area contributed by atoms with E-state index in [1.54, 1.807) is 45.0 Å². The van der Waals surface area contributed by atoms with E-state index in [-0.39, 0.29) is 18.2 Å². The summed E-state index contributed by atoms with van der Waals surface area (Å²) in [5.41, 5.74) is 0.738. The molecule has 0 aliphatic heterocycles. The van der Waals surface area contributed by atoms with Gasteiger partial charge in [-0.1, -0.05) is 24.3 Å². The lowest BCUT2D eigenvalue weighted by atomic mass is 10.1. The third-order valence-electron chi connectivity index (χ3n) is 2.86. The van der Waals surface area contributed by atoms with E-state index >= 15 is 0 Å². The van der Waals surface area contributed by atoms with Crippen LogP contribution >= 0.6 is 0 Å². The van der Waals surface area contributed by atoms with Gasteiger partial charge in [0.1, 0.15) is 5.60 Å². The van der Waals surface area contributed by atoms with Crippen molar-refractivity contribution in [2.24, 2.45) is 0 Å². The number of nitrogens with zero attached hydrogens (tertiary/aromatic N) is 4. The second-order valence-corrected chi connectivity index (χ2v) is 6.13. The summed E-state index contributed by atoms with van der Waals surface area (Å²) < 4.78 is 5.11. The quantitative estimate of drug-likeness (QED) is 0.856. The molecule has 2 aromatic rings. The van der Waals surface area contributed by atoms with Gasteiger partial charge in [-0.3, -0.25) is 4.79 Å². The Morgan fingerprint density at radius 1 is 1.04 bits per heavy atom. The highest BCUT2D eigenvalue weighted by Gasteiger charge is 2.16. The van der Waals surface area contributed by atoms with E-state index in [0.717, 1.165) is 0 Å². The van der Waals surface area contributed by atoms with Crippen LogP contribution in [0.25, 0.3) is 11.4 Å². The van der Waals surface area contributed by atoms with Crippen LogP contribution in [0.5, 0.6) is 0 Å². The SMILES string of the molecule is CC(=O)c1ccc(-c2nnc(CNC(=O)OC(C)(C)C)nn2)cc1. The first-order valence-electron chi connectivity index (χ1n) is 7.39. The third kappa shape index (κ3) is 5.08. The molecular weight excluding hydrogens is 310 g/mol. The summed E-state index contributed by atoms with van der Waals surface area (Å²) in [6.07, 6.45) is -0.560. The minimum absolute atomic E-state index is 0.0118. The van der Waals surface area contributed by atoms with E-state index in [1.807, 2.05) is 0 Å². The fourth-order valence-corrected chi connectivity index (χ4v) is 1.76. The van der Waals surface area contributed by atoms with Crippen LogP contribution in [0.4, 0.5) is 4.79 Å². The highest BCUT2D eigenvalue weighted by atomic mass is 16.6. The Kier molecular flexibility index (Phi) is 5.18. The molecule has 0 bridgehead atoms. The number of aromatic nitrogens is 4. The van der Waals surface area contributed by atoms with Crippen LogP contribution in [0.1, 0.15) is 43.9 Å². The van der Waals surface area contributed by atoms with Crippen molar-refractivity contribution < 1.29 is 14.3 Å². The van der Waals surface area contributed by atoms with Gasteiger partial charge in [-0.15, -0.1) is 20.4 Å². The molecule has 1 aromatic carbocycles. The summed E-state index contributed by atoms with van der Waals surface area (Å²) in [6.45, 7) is 6.90. The lowest BCUT2D eigenvalue weighted by Gasteiger charge is -2.19. The summed E-state index contributed by atoms with van der Waals surface area (Å²) >= 11 is 0. The molecule has 1 aromatic heterocycles. The molecule has 1 N–H and O–H groups in total. The number of Topliss-reactive ketones (excluding diaryl/α,β-unsaturated/α-hetero) is 1. The lowest BCUT2D eigenvalue weighted by Crippen LogP contribution is -2.32. The number of alkyl carbamates (subject to hydrolysis) is 1. The zero-order valence-corrected chi connectivity index (χ0v) is 14.0. The van der Waals surface area contributed by atoms with Gasteiger partial charge in [0.05, 0.1) is 6.54 Å². The summed E-state index contributed by atoms with van der Waals surface area (Å²) in [6, 6.07) is 6.85. The molecule has 0 spiro atoms. The van der Waals surface area contributed by atoms with E-state index in [9.17, 15) is 9.59 Å². The van der Waals surface area contributed by atoms with Gasteiger partial charge in [-0.25, -0.2) is 4.79 Å². The zero-order valence-electron chi connectivity index (χ0n) is 14.0. The molecule has 0 aliphatic carbocycles. The van der Waals surface area contributed by atoms with Crippen molar-refractivity contribution in [3.05, 3.63) is 35.7 Å². The molecule has 8 heteroatoms. The molecule has 1 heterocycles. The average Bonchev–Trinajstić information content (AvgIpc) is 2.52. The summed E-state index contributed by atoms with van der Waals surface area (Å²) in [7, 11) is 0. The molecule has 24 heavy (non-hydrogen) atoms.